The third kappa shape index (κ3) is 3.26. The molecule has 4 aromatic rings. The molecule has 0 atom stereocenters. The average molecular weight is 376 g/mol. The van der Waals surface area contributed by atoms with Crippen molar-refractivity contribution in [2.24, 2.45) is 12.0 Å². The maximum atomic E-state index is 12.5. The number of aryl methyl sites for hydroxylation is 2. The quantitative estimate of drug-likeness (QED) is 0.533. The molecule has 0 aliphatic carbocycles. The van der Waals surface area contributed by atoms with Crippen molar-refractivity contribution in [3.63, 3.8) is 0 Å². The highest BCUT2D eigenvalue weighted by atomic mass is 32.1. The molecule has 4 rings (SSSR count). The zero-order valence-corrected chi connectivity index (χ0v) is 16.3. The number of methoxy groups -OCH3 is 1. The van der Waals surface area contributed by atoms with Crippen LogP contribution in [0.25, 0.3) is 21.0 Å². The Bertz CT molecular complexity index is 1230. The van der Waals surface area contributed by atoms with Gasteiger partial charge in [-0.15, -0.1) is 0 Å². The number of rotatable bonds is 3. The highest BCUT2D eigenvalue weighted by Gasteiger charge is 2.09. The SMILES string of the molecule is COc1ccc(CC(=O)N=c2sc3ccc4ccccc4c3n2C)cc1C. The van der Waals surface area contributed by atoms with Crippen molar-refractivity contribution in [1.29, 1.82) is 0 Å². The molecule has 0 fully saturated rings. The van der Waals surface area contributed by atoms with Gasteiger partial charge in [0.15, 0.2) is 4.80 Å². The molecule has 1 heterocycles. The summed E-state index contributed by atoms with van der Waals surface area (Å²) in [6, 6.07) is 18.3. The molecule has 1 aromatic heterocycles. The molecule has 0 saturated heterocycles. The van der Waals surface area contributed by atoms with E-state index in [1.54, 1.807) is 18.4 Å². The summed E-state index contributed by atoms with van der Waals surface area (Å²) in [5.41, 5.74) is 3.07. The smallest absolute Gasteiger partial charge is 0.252 e. The van der Waals surface area contributed by atoms with Crippen molar-refractivity contribution in [1.82, 2.24) is 4.57 Å². The van der Waals surface area contributed by atoms with Gasteiger partial charge in [0, 0.05) is 12.4 Å². The molecule has 0 aliphatic heterocycles. The first kappa shape index (κ1) is 17.5. The van der Waals surface area contributed by atoms with Crippen LogP contribution < -0.4 is 9.54 Å². The summed E-state index contributed by atoms with van der Waals surface area (Å²) >= 11 is 1.54. The Labute approximate surface area is 161 Å². The zero-order valence-electron chi connectivity index (χ0n) is 15.5. The number of benzene rings is 3. The lowest BCUT2D eigenvalue weighted by molar-refractivity contribution is -0.117. The zero-order chi connectivity index (χ0) is 19.0. The van der Waals surface area contributed by atoms with E-state index in [9.17, 15) is 4.79 Å². The van der Waals surface area contributed by atoms with Crippen LogP contribution in [0.2, 0.25) is 0 Å². The minimum Gasteiger partial charge on any atom is -0.496 e. The number of fused-ring (bicyclic) bond motifs is 3. The lowest BCUT2D eigenvalue weighted by atomic mass is 10.1. The second kappa shape index (κ2) is 7.00. The third-order valence-electron chi connectivity index (χ3n) is 4.72. The normalized spacial score (nSPS) is 12.0. The molecule has 3 aromatic carbocycles. The van der Waals surface area contributed by atoms with Crippen LogP contribution in [0, 0.1) is 6.92 Å². The molecule has 0 N–H and O–H groups in total. The van der Waals surface area contributed by atoms with E-state index in [0.717, 1.165) is 31.9 Å². The van der Waals surface area contributed by atoms with Crippen molar-refractivity contribution in [2.75, 3.05) is 7.11 Å². The van der Waals surface area contributed by atoms with Gasteiger partial charge in [0.05, 0.1) is 23.7 Å². The summed E-state index contributed by atoms with van der Waals surface area (Å²) in [6.45, 7) is 1.97. The second-order valence-electron chi connectivity index (χ2n) is 6.56. The van der Waals surface area contributed by atoms with Crippen LogP contribution in [0.1, 0.15) is 11.1 Å². The number of amides is 1. The van der Waals surface area contributed by atoms with Crippen LogP contribution in [-0.4, -0.2) is 17.6 Å². The first-order valence-corrected chi connectivity index (χ1v) is 9.57. The van der Waals surface area contributed by atoms with Crippen molar-refractivity contribution >= 4 is 38.2 Å². The Morgan fingerprint density at radius 3 is 2.74 bits per heavy atom. The fraction of sp³-hybridized carbons (Fsp3) is 0.182. The fourth-order valence-electron chi connectivity index (χ4n) is 3.40. The molecular weight excluding hydrogens is 356 g/mol. The highest BCUT2D eigenvalue weighted by Crippen LogP contribution is 2.26. The van der Waals surface area contributed by atoms with Gasteiger partial charge in [-0.3, -0.25) is 4.79 Å². The molecule has 0 unspecified atom stereocenters. The predicted molar refractivity (Wildman–Crippen MR) is 110 cm³/mol. The second-order valence-corrected chi connectivity index (χ2v) is 7.57. The Morgan fingerprint density at radius 2 is 1.96 bits per heavy atom. The maximum Gasteiger partial charge on any atom is 0.252 e. The van der Waals surface area contributed by atoms with Crippen LogP contribution in [0.3, 0.4) is 0 Å². The summed E-state index contributed by atoms with van der Waals surface area (Å²) < 4.78 is 8.42. The molecule has 0 bridgehead atoms. The Kier molecular flexibility index (Phi) is 4.54. The highest BCUT2D eigenvalue weighted by molar-refractivity contribution is 7.16. The van der Waals surface area contributed by atoms with Crippen LogP contribution in [0.4, 0.5) is 0 Å². The topological polar surface area (TPSA) is 43.6 Å². The molecule has 0 radical (unpaired) electrons. The summed E-state index contributed by atoms with van der Waals surface area (Å²) in [6.07, 6.45) is 0.278. The van der Waals surface area contributed by atoms with Gasteiger partial charge < -0.3 is 9.30 Å². The van der Waals surface area contributed by atoms with Gasteiger partial charge in [0.25, 0.3) is 5.91 Å². The number of nitrogens with zero attached hydrogens (tertiary/aromatic N) is 2. The lowest BCUT2D eigenvalue weighted by Crippen LogP contribution is -2.14. The van der Waals surface area contributed by atoms with Gasteiger partial charge in [0.1, 0.15) is 5.75 Å². The van der Waals surface area contributed by atoms with Gasteiger partial charge in [-0.05, 0) is 35.6 Å². The minimum absolute atomic E-state index is 0.147. The first-order valence-electron chi connectivity index (χ1n) is 8.75. The standard InChI is InChI=1S/C22H20N2O2S/c1-14-12-15(8-10-18(14)26-3)13-20(25)23-22-24(2)21-17-7-5-4-6-16(17)9-11-19(21)27-22/h4-12H,13H2,1-3H3. The molecule has 5 heteroatoms. The Morgan fingerprint density at radius 1 is 1.15 bits per heavy atom. The van der Waals surface area contributed by atoms with E-state index in [4.69, 9.17) is 4.74 Å². The largest absolute Gasteiger partial charge is 0.496 e. The Balaban J connectivity index is 1.72. The van der Waals surface area contributed by atoms with Crippen molar-refractivity contribution in [3.8, 4) is 5.75 Å². The summed E-state index contributed by atoms with van der Waals surface area (Å²) in [5, 5.41) is 2.36. The van der Waals surface area contributed by atoms with E-state index in [-0.39, 0.29) is 12.3 Å². The van der Waals surface area contributed by atoms with Gasteiger partial charge in [-0.1, -0.05) is 53.8 Å². The summed E-state index contributed by atoms with van der Waals surface area (Å²) in [5.74, 6) is 0.678. The van der Waals surface area contributed by atoms with Crippen molar-refractivity contribution < 1.29 is 9.53 Å². The average Bonchev–Trinajstić information content (AvgIpc) is 2.98. The number of hydrogen-bond donors (Lipinski definition) is 0. The van der Waals surface area contributed by atoms with Crippen LogP contribution in [0.15, 0.2) is 59.6 Å². The predicted octanol–water partition coefficient (Wildman–Crippen LogP) is 4.38. The van der Waals surface area contributed by atoms with Crippen molar-refractivity contribution in [3.05, 3.63) is 70.5 Å². The van der Waals surface area contributed by atoms with Crippen LogP contribution in [0.5, 0.6) is 5.75 Å². The van der Waals surface area contributed by atoms with Crippen LogP contribution >= 0.6 is 11.3 Å². The number of hydrogen-bond acceptors (Lipinski definition) is 3. The van der Waals surface area contributed by atoms with E-state index >= 15 is 0 Å². The van der Waals surface area contributed by atoms with Gasteiger partial charge in [0.2, 0.25) is 0 Å². The molecule has 27 heavy (non-hydrogen) atoms. The monoisotopic (exact) mass is 376 g/mol. The van der Waals surface area contributed by atoms with Crippen LogP contribution in [-0.2, 0) is 18.3 Å². The van der Waals surface area contributed by atoms with E-state index in [1.165, 1.54) is 10.8 Å². The molecule has 4 nitrogen and oxygen atoms in total. The number of thiazole rings is 1. The van der Waals surface area contributed by atoms with Gasteiger partial charge in [-0.25, -0.2) is 0 Å². The van der Waals surface area contributed by atoms with E-state index in [0.29, 0.717) is 0 Å². The summed E-state index contributed by atoms with van der Waals surface area (Å²) in [4.78, 5) is 17.6. The number of carbonyl (C=O) groups is 1. The van der Waals surface area contributed by atoms with Gasteiger partial charge >= 0.3 is 0 Å². The van der Waals surface area contributed by atoms with E-state index < -0.39 is 0 Å². The van der Waals surface area contributed by atoms with E-state index in [1.807, 2.05) is 48.9 Å². The lowest BCUT2D eigenvalue weighted by Gasteiger charge is -2.05. The molecule has 136 valence electrons. The van der Waals surface area contributed by atoms with Crippen molar-refractivity contribution in [2.45, 2.75) is 13.3 Å². The minimum atomic E-state index is -0.147. The first-order chi connectivity index (χ1) is 13.1. The molecule has 0 aliphatic rings. The number of carbonyl (C=O) groups excluding carboxylic acids is 1. The number of aromatic nitrogens is 1. The van der Waals surface area contributed by atoms with E-state index in [2.05, 4.69) is 29.3 Å². The fourth-order valence-corrected chi connectivity index (χ4v) is 4.45. The molecule has 0 saturated carbocycles. The third-order valence-corrected chi connectivity index (χ3v) is 5.82. The maximum absolute atomic E-state index is 12.5. The molecular formula is C22H20N2O2S. The molecule has 1 amide bonds. The summed E-state index contributed by atoms with van der Waals surface area (Å²) in [7, 11) is 3.61. The molecule has 0 spiro atoms. The Hall–Kier alpha value is -2.92. The number of ether oxygens (including phenoxy) is 1. The van der Waals surface area contributed by atoms with Gasteiger partial charge in [-0.2, -0.15) is 4.99 Å².